The van der Waals surface area contributed by atoms with Crippen molar-refractivity contribution >= 4 is 0 Å². The van der Waals surface area contributed by atoms with E-state index in [2.05, 4.69) is 0 Å². The monoisotopic (exact) mass is 304 g/mol. The average molecular weight is 304 g/mol. The van der Waals surface area contributed by atoms with Gasteiger partial charge in [-0.1, -0.05) is 18.2 Å². The first-order valence-corrected chi connectivity index (χ1v) is 6.95. The van der Waals surface area contributed by atoms with Gasteiger partial charge in [-0.2, -0.15) is 0 Å². The minimum atomic E-state index is 0.657. The Morgan fingerprint density at radius 2 is 1.36 bits per heavy atom. The van der Waals surface area contributed by atoms with Gasteiger partial charge in [0.1, 0.15) is 5.75 Å². The normalized spacial score (nSPS) is 9.50. The van der Waals surface area contributed by atoms with Crippen LogP contribution in [0, 0.1) is 6.92 Å². The molecule has 2 aromatic carbocycles. The molecule has 0 radical (unpaired) electrons. The van der Waals surface area contributed by atoms with E-state index >= 15 is 0 Å². The number of benzene rings is 2. The van der Waals surface area contributed by atoms with E-state index in [1.807, 2.05) is 49.4 Å². The predicted octanol–water partition coefficient (Wildman–Crippen LogP) is 3.85. The summed E-state index contributed by atoms with van der Waals surface area (Å²) in [6, 6.07) is 13.7. The zero-order valence-corrected chi connectivity index (χ0v) is 13.9. The highest BCUT2D eigenvalue weighted by Gasteiger charge is 2.00. The third-order valence-electron chi connectivity index (χ3n) is 3.01. The van der Waals surface area contributed by atoms with Crippen molar-refractivity contribution in [2.45, 2.75) is 13.5 Å². The number of rotatable bonds is 5. The molecule has 0 spiro atoms. The molecule has 120 valence electrons. The molecular weight excluding hydrogens is 280 g/mol. The molecule has 4 heteroatoms. The maximum atomic E-state index is 5.09. The maximum Gasteiger partial charge on any atom is 0.160 e. The Bertz CT molecular complexity index is 550. The first-order chi connectivity index (χ1) is 10.6. The molecule has 2 aromatic rings. The molecule has 0 N–H and O–H groups in total. The standard InChI is InChI=1S/2C9H12O2/c1-7-4-5-8(10-2)9(6-7)11-3;1-10-7-8-3-5-9(11-2)6-4-8/h4-6H,1-3H3;3-6H,7H2,1-2H3. The maximum absolute atomic E-state index is 5.09. The first-order valence-electron chi connectivity index (χ1n) is 6.95. The van der Waals surface area contributed by atoms with Crippen LogP contribution in [0.25, 0.3) is 0 Å². The van der Waals surface area contributed by atoms with Gasteiger partial charge in [-0.25, -0.2) is 0 Å². The number of aryl methyl sites for hydroxylation is 1. The van der Waals surface area contributed by atoms with Crippen molar-refractivity contribution in [3.63, 3.8) is 0 Å². The zero-order chi connectivity index (χ0) is 16.4. The van der Waals surface area contributed by atoms with Gasteiger partial charge in [0.2, 0.25) is 0 Å². The van der Waals surface area contributed by atoms with Crippen molar-refractivity contribution in [2.75, 3.05) is 28.4 Å². The largest absolute Gasteiger partial charge is 0.497 e. The minimum Gasteiger partial charge on any atom is -0.497 e. The summed E-state index contributed by atoms with van der Waals surface area (Å²) in [7, 11) is 6.61. The summed E-state index contributed by atoms with van der Waals surface area (Å²) >= 11 is 0. The molecule has 0 fully saturated rings. The van der Waals surface area contributed by atoms with Crippen LogP contribution >= 0.6 is 0 Å². The third-order valence-corrected chi connectivity index (χ3v) is 3.01. The summed E-state index contributed by atoms with van der Waals surface area (Å²) in [5.74, 6) is 2.44. The molecule has 0 aliphatic carbocycles. The molecule has 0 saturated carbocycles. The van der Waals surface area contributed by atoms with Crippen molar-refractivity contribution in [1.29, 1.82) is 0 Å². The van der Waals surface area contributed by atoms with Crippen LogP contribution in [-0.4, -0.2) is 28.4 Å². The second kappa shape index (κ2) is 9.68. The highest BCUT2D eigenvalue weighted by molar-refractivity contribution is 5.42. The smallest absolute Gasteiger partial charge is 0.160 e. The lowest BCUT2D eigenvalue weighted by Gasteiger charge is -2.06. The Kier molecular flexibility index (Phi) is 7.86. The number of hydrogen-bond donors (Lipinski definition) is 0. The summed E-state index contributed by atoms with van der Waals surface area (Å²) in [6.07, 6.45) is 0. The lowest BCUT2D eigenvalue weighted by Crippen LogP contribution is -1.90. The van der Waals surface area contributed by atoms with Crippen LogP contribution in [0.5, 0.6) is 17.2 Å². The summed E-state index contributed by atoms with van der Waals surface area (Å²) in [4.78, 5) is 0. The molecule has 0 unspecified atom stereocenters. The summed E-state index contributed by atoms with van der Waals surface area (Å²) in [6.45, 7) is 2.67. The Hall–Kier alpha value is -2.20. The topological polar surface area (TPSA) is 36.9 Å². The molecular formula is C18H24O4. The molecule has 2 rings (SSSR count). The molecule has 0 aliphatic heterocycles. The van der Waals surface area contributed by atoms with E-state index in [-0.39, 0.29) is 0 Å². The molecule has 0 amide bonds. The van der Waals surface area contributed by atoms with Crippen LogP contribution in [0.3, 0.4) is 0 Å². The van der Waals surface area contributed by atoms with Crippen LogP contribution in [0.2, 0.25) is 0 Å². The fourth-order valence-electron chi connectivity index (χ4n) is 1.83. The van der Waals surface area contributed by atoms with Gasteiger partial charge in [-0.05, 0) is 42.3 Å². The van der Waals surface area contributed by atoms with E-state index < -0.39 is 0 Å². The molecule has 4 nitrogen and oxygen atoms in total. The molecule has 0 aliphatic rings. The van der Waals surface area contributed by atoms with E-state index in [9.17, 15) is 0 Å². The van der Waals surface area contributed by atoms with Gasteiger partial charge in [0.15, 0.2) is 11.5 Å². The molecule has 0 aromatic heterocycles. The van der Waals surface area contributed by atoms with E-state index in [1.165, 1.54) is 5.56 Å². The fraction of sp³-hybridized carbons (Fsp3) is 0.333. The van der Waals surface area contributed by atoms with Crippen LogP contribution in [-0.2, 0) is 11.3 Å². The molecule has 0 saturated heterocycles. The highest BCUT2D eigenvalue weighted by atomic mass is 16.5. The quantitative estimate of drug-likeness (QED) is 0.840. The Balaban J connectivity index is 0.000000220. The number of hydrogen-bond acceptors (Lipinski definition) is 4. The zero-order valence-electron chi connectivity index (χ0n) is 13.9. The van der Waals surface area contributed by atoms with Gasteiger partial charge in [0, 0.05) is 7.11 Å². The fourth-order valence-corrected chi connectivity index (χ4v) is 1.83. The second-order valence-electron chi connectivity index (χ2n) is 4.64. The number of ether oxygens (including phenoxy) is 4. The molecule has 0 atom stereocenters. The molecule has 22 heavy (non-hydrogen) atoms. The van der Waals surface area contributed by atoms with E-state index in [0.717, 1.165) is 22.8 Å². The van der Waals surface area contributed by atoms with Gasteiger partial charge in [0.05, 0.1) is 27.9 Å². The first kappa shape index (κ1) is 17.9. The van der Waals surface area contributed by atoms with Crippen LogP contribution < -0.4 is 14.2 Å². The summed E-state index contributed by atoms with van der Waals surface area (Å²) in [5, 5.41) is 0. The van der Waals surface area contributed by atoms with Gasteiger partial charge in [-0.15, -0.1) is 0 Å². The minimum absolute atomic E-state index is 0.657. The Labute approximate surface area is 132 Å². The van der Waals surface area contributed by atoms with Crippen molar-refractivity contribution in [1.82, 2.24) is 0 Å². The third kappa shape index (κ3) is 5.66. The molecule has 0 heterocycles. The Morgan fingerprint density at radius 1 is 0.727 bits per heavy atom. The van der Waals surface area contributed by atoms with E-state index in [0.29, 0.717) is 6.61 Å². The number of methoxy groups -OCH3 is 4. The lowest BCUT2D eigenvalue weighted by molar-refractivity contribution is 0.185. The predicted molar refractivity (Wildman–Crippen MR) is 88.0 cm³/mol. The summed E-state index contributed by atoms with van der Waals surface area (Å²) < 4.78 is 20.1. The average Bonchev–Trinajstić information content (AvgIpc) is 2.56. The van der Waals surface area contributed by atoms with Crippen molar-refractivity contribution in [3.8, 4) is 17.2 Å². The van der Waals surface area contributed by atoms with Crippen LogP contribution in [0.1, 0.15) is 11.1 Å². The van der Waals surface area contributed by atoms with Gasteiger partial charge >= 0.3 is 0 Å². The lowest BCUT2D eigenvalue weighted by atomic mass is 10.2. The SMILES string of the molecule is COCc1ccc(OC)cc1.COc1ccc(C)cc1OC. The van der Waals surface area contributed by atoms with E-state index in [4.69, 9.17) is 18.9 Å². The Morgan fingerprint density at radius 3 is 1.86 bits per heavy atom. The van der Waals surface area contributed by atoms with Gasteiger partial charge in [0.25, 0.3) is 0 Å². The van der Waals surface area contributed by atoms with E-state index in [1.54, 1.807) is 28.4 Å². The van der Waals surface area contributed by atoms with Gasteiger partial charge in [-0.3, -0.25) is 0 Å². The van der Waals surface area contributed by atoms with Crippen LogP contribution in [0.4, 0.5) is 0 Å². The summed E-state index contributed by atoms with van der Waals surface area (Å²) in [5.41, 5.74) is 2.33. The van der Waals surface area contributed by atoms with Crippen molar-refractivity contribution in [2.24, 2.45) is 0 Å². The second-order valence-corrected chi connectivity index (χ2v) is 4.64. The van der Waals surface area contributed by atoms with Crippen molar-refractivity contribution in [3.05, 3.63) is 53.6 Å². The highest BCUT2D eigenvalue weighted by Crippen LogP contribution is 2.26. The van der Waals surface area contributed by atoms with Crippen LogP contribution in [0.15, 0.2) is 42.5 Å². The van der Waals surface area contributed by atoms with Gasteiger partial charge < -0.3 is 18.9 Å². The molecule has 0 bridgehead atoms. The van der Waals surface area contributed by atoms with Crippen molar-refractivity contribution < 1.29 is 18.9 Å².